The molecular formula is C16H30O3S. The first-order chi connectivity index (χ1) is 9.49. The Labute approximate surface area is 125 Å². The van der Waals surface area contributed by atoms with Gasteiger partial charge in [0.2, 0.25) is 0 Å². The van der Waals surface area contributed by atoms with Gasteiger partial charge in [-0.25, -0.2) is 0 Å². The summed E-state index contributed by atoms with van der Waals surface area (Å²) < 4.78 is 27.7. The molecule has 0 aliphatic heterocycles. The molecule has 4 heteroatoms. The van der Waals surface area contributed by atoms with Gasteiger partial charge in [0.15, 0.2) is 0 Å². The van der Waals surface area contributed by atoms with Crippen molar-refractivity contribution >= 4 is 10.1 Å². The second kappa shape index (κ2) is 12.2. The van der Waals surface area contributed by atoms with E-state index in [-0.39, 0.29) is 6.10 Å². The Kier molecular flexibility index (Phi) is 11.8. The zero-order valence-corrected chi connectivity index (χ0v) is 14.0. The van der Waals surface area contributed by atoms with Crippen molar-refractivity contribution in [2.45, 2.75) is 71.3 Å². The van der Waals surface area contributed by atoms with Crippen molar-refractivity contribution in [3.05, 3.63) is 24.3 Å². The highest BCUT2D eigenvalue weighted by Gasteiger charge is 2.13. The third kappa shape index (κ3) is 13.8. The minimum absolute atomic E-state index is 0.206. The van der Waals surface area contributed by atoms with Gasteiger partial charge in [-0.05, 0) is 38.5 Å². The third-order valence-corrected chi connectivity index (χ3v) is 3.49. The molecule has 0 radical (unpaired) electrons. The van der Waals surface area contributed by atoms with Gasteiger partial charge in [-0.2, -0.15) is 8.42 Å². The molecule has 0 saturated heterocycles. The molecule has 0 aromatic rings. The second-order valence-electron chi connectivity index (χ2n) is 5.10. The molecule has 0 atom stereocenters. The Balaban J connectivity index is 4.13. The zero-order valence-electron chi connectivity index (χ0n) is 13.2. The van der Waals surface area contributed by atoms with Crippen LogP contribution >= 0.6 is 0 Å². The monoisotopic (exact) mass is 302 g/mol. The van der Waals surface area contributed by atoms with Crippen molar-refractivity contribution in [2.75, 3.05) is 6.26 Å². The molecule has 0 aliphatic rings. The summed E-state index contributed by atoms with van der Waals surface area (Å²) in [7, 11) is -3.37. The minimum atomic E-state index is -3.37. The standard InChI is InChI=1S/C16H30O3S/c1-4-6-8-10-12-14-16(19-20(3,17)18)15-13-11-9-7-5-2/h8-11,16H,4-7,12-15H2,1-3H3/b10-8-,11-9-. The van der Waals surface area contributed by atoms with E-state index in [0.29, 0.717) is 0 Å². The molecular weight excluding hydrogens is 272 g/mol. The highest BCUT2D eigenvalue weighted by Crippen LogP contribution is 2.13. The fraction of sp³-hybridized carbons (Fsp3) is 0.750. The fourth-order valence-corrected chi connectivity index (χ4v) is 2.54. The summed E-state index contributed by atoms with van der Waals surface area (Å²) in [4.78, 5) is 0. The highest BCUT2D eigenvalue weighted by molar-refractivity contribution is 7.86. The number of rotatable bonds is 12. The Morgan fingerprint density at radius 2 is 1.25 bits per heavy atom. The predicted octanol–water partition coefficient (Wildman–Crippen LogP) is 4.60. The maximum atomic E-state index is 11.3. The normalized spacial score (nSPS) is 13.0. The lowest BCUT2D eigenvalue weighted by Gasteiger charge is -2.14. The maximum absolute atomic E-state index is 11.3. The first-order valence-electron chi connectivity index (χ1n) is 7.67. The van der Waals surface area contributed by atoms with Crippen molar-refractivity contribution < 1.29 is 12.6 Å². The number of unbranched alkanes of at least 4 members (excludes halogenated alkanes) is 2. The van der Waals surface area contributed by atoms with Gasteiger partial charge >= 0.3 is 0 Å². The van der Waals surface area contributed by atoms with Crippen molar-refractivity contribution in [1.29, 1.82) is 0 Å². The van der Waals surface area contributed by atoms with Crippen LogP contribution in [0.1, 0.15) is 65.2 Å². The van der Waals surface area contributed by atoms with Gasteiger partial charge in [-0.1, -0.05) is 51.0 Å². The Morgan fingerprint density at radius 3 is 1.60 bits per heavy atom. The van der Waals surface area contributed by atoms with Gasteiger partial charge < -0.3 is 0 Å². The van der Waals surface area contributed by atoms with E-state index in [0.717, 1.165) is 57.6 Å². The molecule has 0 amide bonds. The second-order valence-corrected chi connectivity index (χ2v) is 6.70. The number of hydrogen-bond acceptors (Lipinski definition) is 3. The first-order valence-corrected chi connectivity index (χ1v) is 9.49. The molecule has 0 rings (SSSR count). The van der Waals surface area contributed by atoms with Crippen molar-refractivity contribution in [1.82, 2.24) is 0 Å². The Hall–Kier alpha value is -0.610. The summed E-state index contributed by atoms with van der Waals surface area (Å²) in [6, 6.07) is 0. The lowest BCUT2D eigenvalue weighted by atomic mass is 10.1. The van der Waals surface area contributed by atoms with Crippen LogP contribution in [0.4, 0.5) is 0 Å². The number of hydrogen-bond donors (Lipinski definition) is 0. The van der Waals surface area contributed by atoms with Crippen LogP contribution in [0.15, 0.2) is 24.3 Å². The van der Waals surface area contributed by atoms with E-state index in [1.54, 1.807) is 0 Å². The summed E-state index contributed by atoms with van der Waals surface area (Å²) in [6.07, 6.45) is 17.2. The van der Waals surface area contributed by atoms with Gasteiger partial charge in [-0.3, -0.25) is 4.18 Å². The third-order valence-electron chi connectivity index (χ3n) is 2.87. The summed E-state index contributed by atoms with van der Waals surface area (Å²) in [5.41, 5.74) is 0. The molecule has 3 nitrogen and oxygen atoms in total. The lowest BCUT2D eigenvalue weighted by molar-refractivity contribution is 0.193. The molecule has 0 saturated carbocycles. The quantitative estimate of drug-likeness (QED) is 0.391. The maximum Gasteiger partial charge on any atom is 0.264 e. The molecule has 0 spiro atoms. The molecule has 0 aromatic carbocycles. The van der Waals surface area contributed by atoms with Crippen LogP contribution in [0.3, 0.4) is 0 Å². The molecule has 0 heterocycles. The van der Waals surface area contributed by atoms with Crippen molar-refractivity contribution in [2.24, 2.45) is 0 Å². The van der Waals surface area contributed by atoms with E-state index in [9.17, 15) is 8.42 Å². The molecule has 0 fully saturated rings. The SMILES string of the molecule is CCC/C=C\CCC(CC/C=C\CCC)OS(C)(=O)=O. The van der Waals surface area contributed by atoms with E-state index >= 15 is 0 Å². The smallest absolute Gasteiger partial charge is 0.264 e. The largest absolute Gasteiger partial charge is 0.267 e. The Morgan fingerprint density at radius 1 is 0.850 bits per heavy atom. The topological polar surface area (TPSA) is 43.4 Å². The van der Waals surface area contributed by atoms with Crippen LogP contribution in [-0.4, -0.2) is 20.8 Å². The molecule has 0 N–H and O–H groups in total. The van der Waals surface area contributed by atoms with Crippen LogP contribution in [-0.2, 0) is 14.3 Å². The Bertz CT molecular complexity index is 349. The average Bonchev–Trinajstić information content (AvgIpc) is 2.36. The minimum Gasteiger partial charge on any atom is -0.267 e. The zero-order chi connectivity index (χ0) is 15.3. The van der Waals surface area contributed by atoms with E-state index in [1.165, 1.54) is 0 Å². The van der Waals surface area contributed by atoms with Crippen LogP contribution in [0, 0.1) is 0 Å². The van der Waals surface area contributed by atoms with Crippen molar-refractivity contribution in [3.8, 4) is 0 Å². The van der Waals surface area contributed by atoms with E-state index in [1.807, 2.05) is 0 Å². The predicted molar refractivity (Wildman–Crippen MR) is 86.3 cm³/mol. The molecule has 20 heavy (non-hydrogen) atoms. The van der Waals surface area contributed by atoms with E-state index in [4.69, 9.17) is 4.18 Å². The van der Waals surface area contributed by atoms with E-state index < -0.39 is 10.1 Å². The summed E-state index contributed by atoms with van der Waals surface area (Å²) in [5.74, 6) is 0. The average molecular weight is 302 g/mol. The highest BCUT2D eigenvalue weighted by atomic mass is 32.2. The van der Waals surface area contributed by atoms with Crippen LogP contribution in [0.2, 0.25) is 0 Å². The summed E-state index contributed by atoms with van der Waals surface area (Å²) in [6.45, 7) is 4.28. The van der Waals surface area contributed by atoms with Gasteiger partial charge in [0.1, 0.15) is 0 Å². The van der Waals surface area contributed by atoms with Gasteiger partial charge in [0, 0.05) is 0 Å². The fourth-order valence-electron chi connectivity index (χ4n) is 1.86. The van der Waals surface area contributed by atoms with Gasteiger partial charge in [-0.15, -0.1) is 0 Å². The first kappa shape index (κ1) is 19.4. The molecule has 118 valence electrons. The molecule has 0 aliphatic carbocycles. The van der Waals surface area contributed by atoms with Gasteiger partial charge in [0.05, 0.1) is 12.4 Å². The molecule has 0 unspecified atom stereocenters. The van der Waals surface area contributed by atoms with Crippen LogP contribution in [0.5, 0.6) is 0 Å². The summed E-state index contributed by atoms with van der Waals surface area (Å²) >= 11 is 0. The van der Waals surface area contributed by atoms with Gasteiger partial charge in [0.25, 0.3) is 10.1 Å². The summed E-state index contributed by atoms with van der Waals surface area (Å²) in [5, 5.41) is 0. The van der Waals surface area contributed by atoms with Crippen LogP contribution < -0.4 is 0 Å². The van der Waals surface area contributed by atoms with Crippen LogP contribution in [0.25, 0.3) is 0 Å². The lowest BCUT2D eigenvalue weighted by Crippen LogP contribution is -2.17. The van der Waals surface area contributed by atoms with Crippen molar-refractivity contribution in [3.63, 3.8) is 0 Å². The number of allylic oxidation sites excluding steroid dienone is 4. The molecule has 0 aromatic heterocycles. The van der Waals surface area contributed by atoms with E-state index in [2.05, 4.69) is 38.2 Å². The molecule has 0 bridgehead atoms.